The van der Waals surface area contributed by atoms with E-state index in [-0.39, 0.29) is 11.6 Å². The summed E-state index contributed by atoms with van der Waals surface area (Å²) in [5.74, 6) is 1.66. The first-order chi connectivity index (χ1) is 10.2. The predicted octanol–water partition coefficient (Wildman–Crippen LogP) is 2.45. The molecule has 2 aromatic rings. The van der Waals surface area contributed by atoms with Gasteiger partial charge in [0.05, 0.1) is 10.7 Å². The van der Waals surface area contributed by atoms with Crippen molar-refractivity contribution in [2.45, 2.75) is 31.6 Å². The summed E-state index contributed by atoms with van der Waals surface area (Å²) < 4.78 is 1.61. The van der Waals surface area contributed by atoms with Gasteiger partial charge in [0.25, 0.3) is 0 Å². The monoisotopic (exact) mass is 306 g/mol. The van der Waals surface area contributed by atoms with E-state index in [0.29, 0.717) is 16.6 Å². The molecule has 21 heavy (non-hydrogen) atoms. The van der Waals surface area contributed by atoms with E-state index in [1.165, 1.54) is 0 Å². The molecule has 112 valence electrons. The summed E-state index contributed by atoms with van der Waals surface area (Å²) in [5, 5.41) is 7.36. The van der Waals surface area contributed by atoms with Crippen LogP contribution in [-0.2, 0) is 0 Å². The molecule has 6 heteroatoms. The Bertz CT molecular complexity index is 670. The maximum atomic E-state index is 12.1. The van der Waals surface area contributed by atoms with Crippen molar-refractivity contribution in [1.29, 1.82) is 0 Å². The van der Waals surface area contributed by atoms with Crippen molar-refractivity contribution in [2.24, 2.45) is 11.7 Å². The third-order valence-electron chi connectivity index (χ3n) is 4.34. The van der Waals surface area contributed by atoms with Crippen molar-refractivity contribution in [2.75, 3.05) is 6.54 Å². The molecule has 1 fully saturated rings. The highest BCUT2D eigenvalue weighted by molar-refractivity contribution is 6.32. The number of nitrogens with one attached hydrogen (secondary N) is 1. The third-order valence-corrected chi connectivity index (χ3v) is 4.66. The number of hydrogen-bond acceptors (Lipinski definition) is 3. The minimum absolute atomic E-state index is 0.237. The average molecular weight is 307 g/mol. The van der Waals surface area contributed by atoms with E-state index in [0.717, 1.165) is 38.1 Å². The normalized spacial score (nSPS) is 22.4. The molecule has 0 radical (unpaired) electrons. The number of rotatable bonds is 3. The minimum atomic E-state index is -0.237. The van der Waals surface area contributed by atoms with Gasteiger partial charge in [-0.3, -0.25) is 0 Å². The second-order valence-electron chi connectivity index (χ2n) is 5.63. The van der Waals surface area contributed by atoms with Crippen LogP contribution in [0.25, 0.3) is 5.69 Å². The topological polar surface area (TPSA) is 76.7 Å². The summed E-state index contributed by atoms with van der Waals surface area (Å²) in [7, 11) is 0. The van der Waals surface area contributed by atoms with Gasteiger partial charge >= 0.3 is 5.69 Å². The van der Waals surface area contributed by atoms with Crippen molar-refractivity contribution in [3.63, 3.8) is 0 Å². The van der Waals surface area contributed by atoms with Crippen LogP contribution in [-0.4, -0.2) is 21.3 Å². The average Bonchev–Trinajstić information content (AvgIpc) is 2.89. The van der Waals surface area contributed by atoms with E-state index < -0.39 is 0 Å². The first kappa shape index (κ1) is 14.4. The summed E-state index contributed by atoms with van der Waals surface area (Å²) in [6.45, 7) is 0.741. The fourth-order valence-electron chi connectivity index (χ4n) is 3.11. The van der Waals surface area contributed by atoms with Gasteiger partial charge in [-0.2, -0.15) is 5.10 Å². The number of H-pyrrole nitrogens is 1. The number of hydrogen-bond donors (Lipinski definition) is 2. The smallest absolute Gasteiger partial charge is 0.330 e. The molecule has 1 aliphatic carbocycles. The molecule has 1 aromatic heterocycles. The van der Waals surface area contributed by atoms with Gasteiger partial charge in [-0.05, 0) is 50.3 Å². The number of aromatic nitrogens is 3. The second kappa shape index (κ2) is 6.03. The van der Waals surface area contributed by atoms with Gasteiger partial charge in [0.1, 0.15) is 5.82 Å². The summed E-state index contributed by atoms with van der Waals surface area (Å²) in [5.41, 5.74) is 6.19. The van der Waals surface area contributed by atoms with Crippen molar-refractivity contribution in [3.05, 3.63) is 45.6 Å². The van der Waals surface area contributed by atoms with Gasteiger partial charge in [0, 0.05) is 5.92 Å². The van der Waals surface area contributed by atoms with E-state index in [4.69, 9.17) is 17.3 Å². The van der Waals surface area contributed by atoms with Gasteiger partial charge in [0.2, 0.25) is 0 Å². The minimum Gasteiger partial charge on any atom is -0.330 e. The molecular weight excluding hydrogens is 288 g/mol. The van der Waals surface area contributed by atoms with Crippen LogP contribution in [0.4, 0.5) is 0 Å². The Hall–Kier alpha value is -1.59. The summed E-state index contributed by atoms with van der Waals surface area (Å²) >= 11 is 6.23. The zero-order chi connectivity index (χ0) is 14.8. The molecule has 1 heterocycles. The van der Waals surface area contributed by atoms with Gasteiger partial charge in [0.15, 0.2) is 0 Å². The summed E-state index contributed by atoms with van der Waals surface area (Å²) in [4.78, 5) is 12.1. The molecule has 5 nitrogen and oxygen atoms in total. The van der Waals surface area contributed by atoms with Crippen LogP contribution in [0.3, 0.4) is 0 Å². The van der Waals surface area contributed by atoms with Crippen molar-refractivity contribution < 1.29 is 0 Å². The Balaban J connectivity index is 1.95. The molecule has 0 unspecified atom stereocenters. The first-order valence-corrected chi connectivity index (χ1v) is 7.70. The molecule has 3 N–H and O–H groups in total. The van der Waals surface area contributed by atoms with E-state index in [9.17, 15) is 4.79 Å². The van der Waals surface area contributed by atoms with E-state index >= 15 is 0 Å². The molecule has 0 saturated heterocycles. The largest absolute Gasteiger partial charge is 0.348 e. The number of nitrogens with two attached hydrogens (primary N) is 1. The zero-order valence-corrected chi connectivity index (χ0v) is 12.5. The highest BCUT2D eigenvalue weighted by atomic mass is 35.5. The lowest BCUT2D eigenvalue weighted by atomic mass is 9.81. The predicted molar refractivity (Wildman–Crippen MR) is 82.9 cm³/mol. The van der Waals surface area contributed by atoms with Crippen LogP contribution in [0.15, 0.2) is 29.1 Å². The molecular formula is C15H19ClN4O. The SMILES string of the molecule is NCC1CCC(c2n[nH]c(=O)n2-c2ccccc2Cl)CC1. The second-order valence-corrected chi connectivity index (χ2v) is 6.03. The van der Waals surface area contributed by atoms with Crippen molar-refractivity contribution >= 4 is 11.6 Å². The van der Waals surface area contributed by atoms with Crippen LogP contribution in [0.5, 0.6) is 0 Å². The highest BCUT2D eigenvalue weighted by Crippen LogP contribution is 2.35. The molecule has 3 rings (SSSR count). The lowest BCUT2D eigenvalue weighted by molar-refractivity contribution is 0.323. The van der Waals surface area contributed by atoms with Gasteiger partial charge in [-0.1, -0.05) is 23.7 Å². The molecule has 1 aromatic carbocycles. The van der Waals surface area contributed by atoms with Crippen molar-refractivity contribution in [3.8, 4) is 5.69 Å². The Morgan fingerprint density at radius 2 is 2.00 bits per heavy atom. The van der Waals surface area contributed by atoms with Crippen LogP contribution in [0.1, 0.15) is 37.4 Å². The van der Waals surface area contributed by atoms with E-state index in [1.54, 1.807) is 10.6 Å². The number of para-hydroxylation sites is 1. The van der Waals surface area contributed by atoms with Gasteiger partial charge in [-0.25, -0.2) is 14.5 Å². The Morgan fingerprint density at radius 3 is 2.67 bits per heavy atom. The molecule has 0 atom stereocenters. The van der Waals surface area contributed by atoms with E-state index in [2.05, 4.69) is 10.2 Å². The van der Waals surface area contributed by atoms with Crippen LogP contribution < -0.4 is 11.4 Å². The highest BCUT2D eigenvalue weighted by Gasteiger charge is 2.26. The number of halogens is 1. The van der Waals surface area contributed by atoms with Crippen LogP contribution >= 0.6 is 11.6 Å². The summed E-state index contributed by atoms with van der Waals surface area (Å²) in [6.07, 6.45) is 4.20. The fourth-order valence-corrected chi connectivity index (χ4v) is 3.33. The molecule has 0 spiro atoms. The van der Waals surface area contributed by atoms with Crippen molar-refractivity contribution in [1.82, 2.24) is 14.8 Å². The van der Waals surface area contributed by atoms with Crippen LogP contribution in [0.2, 0.25) is 5.02 Å². The van der Waals surface area contributed by atoms with Gasteiger partial charge < -0.3 is 5.73 Å². The molecule has 0 aliphatic heterocycles. The molecule has 0 amide bonds. The Labute approximate surface area is 128 Å². The Morgan fingerprint density at radius 1 is 1.29 bits per heavy atom. The molecule has 1 saturated carbocycles. The van der Waals surface area contributed by atoms with Crippen LogP contribution in [0, 0.1) is 5.92 Å². The lowest BCUT2D eigenvalue weighted by Gasteiger charge is -2.27. The summed E-state index contributed by atoms with van der Waals surface area (Å²) in [6, 6.07) is 7.35. The zero-order valence-electron chi connectivity index (χ0n) is 11.8. The third kappa shape index (κ3) is 2.76. The van der Waals surface area contributed by atoms with E-state index in [1.807, 2.05) is 18.2 Å². The maximum Gasteiger partial charge on any atom is 0.348 e. The lowest BCUT2D eigenvalue weighted by Crippen LogP contribution is -2.24. The number of benzene rings is 1. The Kier molecular flexibility index (Phi) is 4.12. The number of aromatic amines is 1. The maximum absolute atomic E-state index is 12.1. The molecule has 1 aliphatic rings. The molecule has 0 bridgehead atoms. The fraction of sp³-hybridized carbons (Fsp3) is 0.467. The number of nitrogens with zero attached hydrogens (tertiary/aromatic N) is 2. The first-order valence-electron chi connectivity index (χ1n) is 7.33. The standard InChI is InChI=1S/C15H19ClN4O/c16-12-3-1-2-4-13(12)20-14(18-19-15(20)21)11-7-5-10(9-17)6-8-11/h1-4,10-11H,5-9,17H2,(H,19,21). The van der Waals surface area contributed by atoms with Gasteiger partial charge in [-0.15, -0.1) is 0 Å². The quantitative estimate of drug-likeness (QED) is 0.914.